The van der Waals surface area contributed by atoms with E-state index in [1.54, 1.807) is 0 Å². The van der Waals surface area contributed by atoms with Crippen molar-refractivity contribution >= 4 is 10.1 Å². The maximum atomic E-state index is 10.8. The normalized spacial score (nSPS) is 13.1. The van der Waals surface area contributed by atoms with Crippen molar-refractivity contribution in [3.63, 3.8) is 0 Å². The molecular formula is C23H48O3S. The molecule has 1 N–H and O–H groups in total. The van der Waals surface area contributed by atoms with Gasteiger partial charge in [0.1, 0.15) is 0 Å². The highest BCUT2D eigenvalue weighted by molar-refractivity contribution is 7.85. The van der Waals surface area contributed by atoms with Crippen molar-refractivity contribution in [2.45, 2.75) is 136 Å². The Bertz CT molecular complexity index is 392. The molecule has 27 heavy (non-hydrogen) atoms. The van der Waals surface area contributed by atoms with Gasteiger partial charge in [-0.2, -0.15) is 8.42 Å². The van der Waals surface area contributed by atoms with Gasteiger partial charge in [0.2, 0.25) is 0 Å². The Kier molecular flexibility index (Phi) is 19.2. The summed E-state index contributed by atoms with van der Waals surface area (Å²) in [5, 5.41) is 0. The maximum Gasteiger partial charge on any atom is 0.265 e. The van der Waals surface area contributed by atoms with Crippen molar-refractivity contribution in [3.05, 3.63) is 0 Å². The van der Waals surface area contributed by atoms with Crippen LogP contribution in [0.3, 0.4) is 0 Å². The Morgan fingerprint density at radius 1 is 0.593 bits per heavy atom. The summed E-state index contributed by atoms with van der Waals surface area (Å²) in [6.45, 7) is 4.18. The van der Waals surface area contributed by atoms with E-state index in [1.807, 2.05) is 6.92 Å². The van der Waals surface area contributed by atoms with Crippen molar-refractivity contribution in [1.29, 1.82) is 0 Å². The first-order chi connectivity index (χ1) is 13.0. The zero-order valence-electron chi connectivity index (χ0n) is 18.4. The summed E-state index contributed by atoms with van der Waals surface area (Å²) in [6.07, 6.45) is 25.5. The lowest BCUT2D eigenvalue weighted by Crippen LogP contribution is -2.12. The molecule has 0 fully saturated rings. The monoisotopic (exact) mass is 404 g/mol. The lowest BCUT2D eigenvalue weighted by atomic mass is 10.0. The molecule has 164 valence electrons. The van der Waals surface area contributed by atoms with Crippen molar-refractivity contribution in [2.75, 3.05) is 5.75 Å². The fraction of sp³-hybridized carbons (Fsp3) is 1.00. The van der Waals surface area contributed by atoms with Crippen molar-refractivity contribution in [1.82, 2.24) is 0 Å². The molecule has 0 aliphatic carbocycles. The van der Waals surface area contributed by atoms with Gasteiger partial charge in [-0.05, 0) is 12.3 Å². The van der Waals surface area contributed by atoms with Gasteiger partial charge in [0.05, 0.1) is 5.75 Å². The van der Waals surface area contributed by atoms with Gasteiger partial charge < -0.3 is 0 Å². The molecule has 0 aromatic heterocycles. The Hall–Kier alpha value is -0.0900. The van der Waals surface area contributed by atoms with Crippen LogP contribution in [0.1, 0.15) is 136 Å². The van der Waals surface area contributed by atoms with Crippen molar-refractivity contribution in [2.24, 2.45) is 5.92 Å². The van der Waals surface area contributed by atoms with Crippen LogP contribution in [0.2, 0.25) is 0 Å². The second-order valence-corrected chi connectivity index (χ2v) is 10.1. The largest absolute Gasteiger partial charge is 0.286 e. The predicted molar refractivity (Wildman–Crippen MR) is 119 cm³/mol. The number of rotatable bonds is 21. The first-order valence-electron chi connectivity index (χ1n) is 11.9. The third-order valence-corrected chi connectivity index (χ3v) is 6.54. The van der Waals surface area contributed by atoms with Crippen LogP contribution in [0.25, 0.3) is 0 Å². The molecule has 0 spiro atoms. The highest BCUT2D eigenvalue weighted by atomic mass is 32.2. The Labute approximate surface area is 170 Å². The van der Waals surface area contributed by atoms with Gasteiger partial charge in [-0.25, -0.2) is 0 Å². The van der Waals surface area contributed by atoms with E-state index in [9.17, 15) is 8.42 Å². The molecule has 1 atom stereocenters. The molecule has 0 rings (SSSR count). The van der Waals surface area contributed by atoms with E-state index in [-0.39, 0.29) is 11.7 Å². The number of hydrogen-bond acceptors (Lipinski definition) is 2. The fourth-order valence-corrected chi connectivity index (χ4v) is 4.72. The molecule has 3 nitrogen and oxygen atoms in total. The average molecular weight is 405 g/mol. The minimum Gasteiger partial charge on any atom is -0.286 e. The number of unbranched alkanes of at least 4 members (excludes halogenated alkanes) is 17. The molecule has 0 heterocycles. The van der Waals surface area contributed by atoms with Crippen LogP contribution in [0.4, 0.5) is 0 Å². The molecule has 4 heteroatoms. The standard InChI is InChI=1S/C23H48O3S/c1-3-4-5-6-7-8-9-10-11-12-13-14-15-16-17-18-19-20-21-23(2)22-27(24,25)26/h23H,3-22H2,1-2H3,(H,24,25,26). The Morgan fingerprint density at radius 3 is 1.19 bits per heavy atom. The molecule has 1 unspecified atom stereocenters. The van der Waals surface area contributed by atoms with Crippen LogP contribution >= 0.6 is 0 Å². The number of hydrogen-bond donors (Lipinski definition) is 1. The van der Waals surface area contributed by atoms with Crippen LogP contribution < -0.4 is 0 Å². The summed E-state index contributed by atoms with van der Waals surface area (Å²) in [4.78, 5) is 0. The van der Waals surface area contributed by atoms with E-state index in [4.69, 9.17) is 4.55 Å². The summed E-state index contributed by atoms with van der Waals surface area (Å²) >= 11 is 0. The SMILES string of the molecule is CCCCCCCCCCCCCCCCCCCCC(C)CS(=O)(=O)O. The average Bonchev–Trinajstić information content (AvgIpc) is 2.59. The summed E-state index contributed by atoms with van der Waals surface area (Å²) in [7, 11) is -3.80. The van der Waals surface area contributed by atoms with Crippen molar-refractivity contribution < 1.29 is 13.0 Å². The van der Waals surface area contributed by atoms with E-state index in [0.717, 1.165) is 12.8 Å². The van der Waals surface area contributed by atoms with Gasteiger partial charge in [-0.1, -0.05) is 129 Å². The van der Waals surface area contributed by atoms with Crippen LogP contribution in [0.5, 0.6) is 0 Å². The van der Waals surface area contributed by atoms with E-state index in [1.165, 1.54) is 109 Å². The van der Waals surface area contributed by atoms with E-state index >= 15 is 0 Å². The fourth-order valence-electron chi connectivity index (χ4n) is 3.84. The van der Waals surface area contributed by atoms with Crippen molar-refractivity contribution in [3.8, 4) is 0 Å². The van der Waals surface area contributed by atoms with Crippen LogP contribution in [-0.2, 0) is 10.1 Å². The van der Waals surface area contributed by atoms with Gasteiger partial charge >= 0.3 is 0 Å². The molecule has 0 aromatic rings. The van der Waals surface area contributed by atoms with Crippen LogP contribution in [0.15, 0.2) is 0 Å². The molecule has 0 amide bonds. The second-order valence-electron chi connectivity index (χ2n) is 8.65. The quantitative estimate of drug-likeness (QED) is 0.156. The van der Waals surface area contributed by atoms with E-state index < -0.39 is 10.1 Å². The molecule has 0 radical (unpaired) electrons. The van der Waals surface area contributed by atoms with E-state index in [0.29, 0.717) is 0 Å². The zero-order chi connectivity index (χ0) is 20.2. The lowest BCUT2D eigenvalue weighted by Gasteiger charge is -2.08. The Morgan fingerprint density at radius 2 is 0.889 bits per heavy atom. The third-order valence-electron chi connectivity index (χ3n) is 5.55. The first-order valence-corrected chi connectivity index (χ1v) is 13.5. The lowest BCUT2D eigenvalue weighted by molar-refractivity contribution is 0.454. The third kappa shape index (κ3) is 23.9. The summed E-state index contributed by atoms with van der Waals surface area (Å²) < 4.78 is 30.4. The summed E-state index contributed by atoms with van der Waals surface area (Å²) in [5.41, 5.74) is 0. The second kappa shape index (κ2) is 19.2. The molecule has 0 aliphatic heterocycles. The zero-order valence-corrected chi connectivity index (χ0v) is 19.2. The van der Waals surface area contributed by atoms with Gasteiger partial charge in [-0.15, -0.1) is 0 Å². The molecule has 0 bridgehead atoms. The smallest absolute Gasteiger partial charge is 0.265 e. The first kappa shape index (κ1) is 26.9. The highest BCUT2D eigenvalue weighted by Gasteiger charge is 2.11. The van der Waals surface area contributed by atoms with E-state index in [2.05, 4.69) is 6.92 Å². The summed E-state index contributed by atoms with van der Waals surface area (Å²) in [5.74, 6) is -0.0209. The maximum absolute atomic E-state index is 10.8. The minimum absolute atomic E-state index is 0.0704. The summed E-state index contributed by atoms with van der Waals surface area (Å²) in [6, 6.07) is 0. The van der Waals surface area contributed by atoms with Crippen LogP contribution in [0, 0.1) is 5.92 Å². The van der Waals surface area contributed by atoms with Gasteiger partial charge in [0.25, 0.3) is 10.1 Å². The van der Waals surface area contributed by atoms with Gasteiger partial charge in [0, 0.05) is 0 Å². The molecule has 0 aliphatic rings. The molecule has 0 saturated heterocycles. The van der Waals surface area contributed by atoms with Gasteiger partial charge in [0.15, 0.2) is 0 Å². The highest BCUT2D eigenvalue weighted by Crippen LogP contribution is 2.16. The van der Waals surface area contributed by atoms with Gasteiger partial charge in [-0.3, -0.25) is 4.55 Å². The molecular weight excluding hydrogens is 356 g/mol. The Balaban J connectivity index is 3.13. The molecule has 0 saturated carbocycles. The topological polar surface area (TPSA) is 54.4 Å². The van der Waals surface area contributed by atoms with Crippen LogP contribution in [-0.4, -0.2) is 18.7 Å². The minimum atomic E-state index is -3.80. The molecule has 0 aromatic carbocycles. The predicted octanol–water partition coefficient (Wildman–Crippen LogP) is 7.94.